The van der Waals surface area contributed by atoms with Gasteiger partial charge in [-0.1, -0.05) is 76.7 Å². The van der Waals surface area contributed by atoms with Crippen LogP contribution in [0, 0.1) is 23.7 Å². The van der Waals surface area contributed by atoms with Crippen LogP contribution in [0.25, 0.3) is 0 Å². The lowest BCUT2D eigenvalue weighted by atomic mass is 9.73. The zero-order valence-corrected chi connectivity index (χ0v) is 41.7. The Labute approximate surface area is 401 Å². The number of likely N-dealkylation sites (N-methyl/N-ethyl adjacent to an activating group) is 1. The summed E-state index contributed by atoms with van der Waals surface area (Å²) in [5.41, 5.74) is -4.72. The highest BCUT2D eigenvalue weighted by Gasteiger charge is 2.55. The van der Waals surface area contributed by atoms with E-state index in [1.54, 1.807) is 102 Å². The lowest BCUT2D eigenvalue weighted by Gasteiger charge is -2.49. The van der Waals surface area contributed by atoms with Crippen LogP contribution in [0.4, 0.5) is 0 Å². The fraction of sp³-hybridized carbons (Fsp3) is 0.654. The highest BCUT2D eigenvalue weighted by Crippen LogP contribution is 2.42. The summed E-state index contributed by atoms with van der Waals surface area (Å²) in [6, 6.07) is 16.6. The maximum absolute atomic E-state index is 14.6. The van der Waals surface area contributed by atoms with Crippen molar-refractivity contribution in [1.82, 2.24) is 4.90 Å². The molecule has 3 aliphatic heterocycles. The molecule has 5 rings (SSSR count). The first-order valence-corrected chi connectivity index (χ1v) is 23.8. The van der Waals surface area contributed by atoms with Gasteiger partial charge in [-0.2, -0.15) is 0 Å². The molecule has 16 nitrogen and oxygen atoms in total. The van der Waals surface area contributed by atoms with Gasteiger partial charge in [-0.3, -0.25) is 9.59 Å². The summed E-state index contributed by atoms with van der Waals surface area (Å²) in [4.78, 5) is 57.9. The number of benzene rings is 2. The molecule has 0 radical (unpaired) electrons. The van der Waals surface area contributed by atoms with Crippen molar-refractivity contribution in [2.45, 2.75) is 172 Å². The van der Waals surface area contributed by atoms with Gasteiger partial charge in [-0.05, 0) is 92.2 Å². The van der Waals surface area contributed by atoms with Crippen molar-refractivity contribution in [2.24, 2.45) is 23.7 Å². The van der Waals surface area contributed by atoms with Crippen LogP contribution in [0.1, 0.15) is 109 Å². The van der Waals surface area contributed by atoms with E-state index < -0.39 is 132 Å². The minimum Gasteiger partial charge on any atom is -0.459 e. The third kappa shape index (κ3) is 12.1. The van der Waals surface area contributed by atoms with Gasteiger partial charge in [0.1, 0.15) is 23.1 Å². The molecule has 0 amide bonds. The van der Waals surface area contributed by atoms with Gasteiger partial charge in [0, 0.05) is 31.3 Å². The van der Waals surface area contributed by atoms with E-state index in [4.69, 9.17) is 37.9 Å². The molecule has 3 heterocycles. The van der Waals surface area contributed by atoms with Crippen molar-refractivity contribution in [3.05, 3.63) is 84.4 Å². The van der Waals surface area contributed by atoms with Gasteiger partial charge in [0.25, 0.3) is 0 Å². The van der Waals surface area contributed by atoms with E-state index >= 15 is 0 Å². The van der Waals surface area contributed by atoms with Crippen LogP contribution in [0.5, 0.6) is 0 Å². The molecule has 3 fully saturated rings. The molecule has 2 aromatic carbocycles. The molecular weight excluding hydrogens is 879 g/mol. The Kier molecular flexibility index (Phi) is 18.4. The van der Waals surface area contributed by atoms with E-state index in [1.165, 1.54) is 21.0 Å². The lowest BCUT2D eigenvalue weighted by Crippen LogP contribution is -2.62. The van der Waals surface area contributed by atoms with Crippen LogP contribution in [0.15, 0.2) is 73.3 Å². The fourth-order valence-corrected chi connectivity index (χ4v) is 10.3. The van der Waals surface area contributed by atoms with Crippen molar-refractivity contribution in [3.8, 4) is 0 Å². The number of hydrogen-bond donors (Lipinski definition) is 3. The third-order valence-electron chi connectivity index (χ3n) is 14.3. The second-order valence-corrected chi connectivity index (χ2v) is 19.8. The summed E-state index contributed by atoms with van der Waals surface area (Å²) >= 11 is 0. The molecule has 0 aliphatic carbocycles. The van der Waals surface area contributed by atoms with Gasteiger partial charge in [0.15, 0.2) is 24.8 Å². The van der Waals surface area contributed by atoms with E-state index in [1.807, 2.05) is 25.9 Å². The van der Waals surface area contributed by atoms with Crippen LogP contribution >= 0.6 is 0 Å². The second-order valence-electron chi connectivity index (χ2n) is 19.8. The lowest BCUT2D eigenvalue weighted by molar-refractivity contribution is -0.317. The maximum atomic E-state index is 14.6. The molecule has 0 unspecified atom stereocenters. The largest absolute Gasteiger partial charge is 0.459 e. The molecule has 2 aromatic rings. The SMILES string of the molecule is C=C[C@]1(O)[C@H](O)[C@@H](C)C(=O)[C@H](C)C[C@](C)(O)[C@H](O[C@@H]2O[C@H](C)C[C@H](N(C)C)[C@H]2OC(=O)c2ccccc2)[C@@H](C)[C@H](O[C@H]2C[C@@](C)(OC)[C@@H](OC(=O)c3ccccc3)[C@H](C)O2)[C@@H](C)C(=O)O[C@@H]1CC. The molecule has 0 spiro atoms. The summed E-state index contributed by atoms with van der Waals surface area (Å²) < 4.78 is 51.2. The molecule has 0 saturated carbocycles. The standard InChI is InChI=1S/C52H75NO15/c1-14-38-52(60,15-2)43(55)31(5)40(54)29(3)27-50(9,59)44(68-49-42(37(53(11)12)26-30(4)62-49)66-47(57)35-22-18-16-19-23-35)32(6)41(33(7)46(56)64-38)65-39-28-51(10,61-13)45(34(8)63-39)67-48(58)36-24-20-17-21-25-36/h15-25,29-34,37-39,41-45,49,55,59-60H,2,14,26-28H2,1,3-13H3/t29-,30-,31+,32+,33-,34+,37+,38-,39+,41+,42-,43-,44-,45+,49+,50+,51-,52-/m1/s1. The molecule has 378 valence electrons. The number of ketones is 1. The van der Waals surface area contributed by atoms with Crippen molar-refractivity contribution in [2.75, 3.05) is 21.2 Å². The van der Waals surface area contributed by atoms with Gasteiger partial charge < -0.3 is 58.1 Å². The average molecular weight is 954 g/mol. The second kappa shape index (κ2) is 22.8. The van der Waals surface area contributed by atoms with Gasteiger partial charge in [-0.15, -0.1) is 0 Å². The monoisotopic (exact) mass is 954 g/mol. The minimum atomic E-state index is -2.25. The number of hydrogen-bond acceptors (Lipinski definition) is 16. The van der Waals surface area contributed by atoms with E-state index in [0.29, 0.717) is 17.5 Å². The highest BCUT2D eigenvalue weighted by atomic mass is 16.7. The number of ether oxygens (including phenoxy) is 8. The number of aliphatic hydroxyl groups excluding tert-OH is 1. The van der Waals surface area contributed by atoms with Crippen LogP contribution in [-0.2, 0) is 47.5 Å². The Hall–Kier alpha value is -4.10. The zero-order valence-electron chi connectivity index (χ0n) is 41.7. The maximum Gasteiger partial charge on any atom is 0.338 e. The summed E-state index contributed by atoms with van der Waals surface area (Å²) in [6.07, 6.45) is -9.90. The molecule has 3 saturated heterocycles. The van der Waals surface area contributed by atoms with Crippen molar-refractivity contribution < 1.29 is 72.4 Å². The Bertz CT molecular complexity index is 2020. The molecule has 0 bridgehead atoms. The average Bonchev–Trinajstić information content (AvgIpc) is 3.31. The number of carbonyl (C=O) groups is 4. The topological polar surface area (TPSA) is 206 Å². The van der Waals surface area contributed by atoms with Crippen LogP contribution in [0.3, 0.4) is 0 Å². The van der Waals surface area contributed by atoms with Gasteiger partial charge in [0.05, 0.1) is 59.2 Å². The van der Waals surface area contributed by atoms with Gasteiger partial charge >= 0.3 is 17.9 Å². The predicted octanol–water partition coefficient (Wildman–Crippen LogP) is 5.68. The molecule has 3 N–H and O–H groups in total. The Morgan fingerprint density at radius 2 is 1.40 bits per heavy atom. The Morgan fingerprint density at radius 3 is 1.93 bits per heavy atom. The summed E-state index contributed by atoms with van der Waals surface area (Å²) in [5.74, 6) is -6.84. The number of cyclic esters (lactones) is 1. The molecule has 3 aliphatic rings. The highest BCUT2D eigenvalue weighted by molar-refractivity contribution is 5.90. The van der Waals surface area contributed by atoms with Crippen molar-refractivity contribution in [3.63, 3.8) is 0 Å². The number of nitrogens with zero attached hydrogens (tertiary/aromatic N) is 1. The summed E-state index contributed by atoms with van der Waals surface area (Å²) in [6.45, 7) is 18.6. The Morgan fingerprint density at radius 1 is 0.824 bits per heavy atom. The summed E-state index contributed by atoms with van der Waals surface area (Å²) in [7, 11) is 5.19. The van der Waals surface area contributed by atoms with Gasteiger partial charge in [0.2, 0.25) is 0 Å². The number of esters is 3. The molecule has 16 heteroatoms. The van der Waals surface area contributed by atoms with Crippen LogP contribution in [0.2, 0.25) is 0 Å². The molecule has 0 aromatic heterocycles. The molecule has 68 heavy (non-hydrogen) atoms. The first-order chi connectivity index (χ1) is 31.9. The van der Waals surface area contributed by atoms with Crippen LogP contribution in [-0.4, -0.2) is 149 Å². The minimum absolute atomic E-state index is 0.00216. The van der Waals surface area contributed by atoms with E-state index in [2.05, 4.69) is 6.58 Å². The smallest absolute Gasteiger partial charge is 0.338 e. The summed E-state index contributed by atoms with van der Waals surface area (Å²) in [5, 5.41) is 36.6. The molecular formula is C52H75NO15. The predicted molar refractivity (Wildman–Crippen MR) is 250 cm³/mol. The Balaban J connectivity index is 1.61. The molecule has 18 atom stereocenters. The van der Waals surface area contributed by atoms with E-state index in [-0.39, 0.29) is 19.3 Å². The van der Waals surface area contributed by atoms with Crippen LogP contribution < -0.4 is 0 Å². The number of Topliss-reactive ketones (excluding diaryl/α,β-unsaturated/α-hetero) is 1. The first-order valence-electron chi connectivity index (χ1n) is 23.8. The fourth-order valence-electron chi connectivity index (χ4n) is 10.3. The number of methoxy groups -OCH3 is 1. The normalized spacial score (nSPS) is 39.9. The van der Waals surface area contributed by atoms with Gasteiger partial charge in [-0.25, -0.2) is 9.59 Å². The number of carbonyl (C=O) groups excluding carboxylic acids is 4. The first kappa shape index (κ1) is 54.8. The van der Waals surface area contributed by atoms with Crippen molar-refractivity contribution in [1.29, 1.82) is 0 Å². The third-order valence-corrected chi connectivity index (χ3v) is 14.3. The van der Waals surface area contributed by atoms with Crippen molar-refractivity contribution >= 4 is 23.7 Å². The number of rotatable bonds is 12. The van der Waals surface area contributed by atoms with E-state index in [0.717, 1.165) is 6.08 Å². The number of aliphatic hydroxyl groups is 3. The zero-order chi connectivity index (χ0) is 50.5. The van der Waals surface area contributed by atoms with E-state index in [9.17, 15) is 34.5 Å². The quantitative estimate of drug-likeness (QED) is 0.133.